The lowest BCUT2D eigenvalue weighted by atomic mass is 9.86. The fraction of sp³-hybridized carbons (Fsp3) is 0.150. The Balaban J connectivity index is 1.93. The van der Waals surface area contributed by atoms with E-state index in [1.807, 2.05) is 30.3 Å². The smallest absolute Gasteiger partial charge is 0.203 e. The van der Waals surface area contributed by atoms with Gasteiger partial charge in [0.15, 0.2) is 0 Å². The standard InChI is InChI=1S/C20H16OS2/c1-22-20-16-12-11-13-7-5-6-10-15(13)17(16)19(23-20)18(21)14-8-3-2-4-9-14/h2-10H,11-12H2,1H3. The Kier molecular flexibility index (Phi) is 3.83. The predicted octanol–water partition coefficient (Wildman–Crippen LogP) is 5.47. The summed E-state index contributed by atoms with van der Waals surface area (Å²) < 4.78 is 1.29. The van der Waals surface area contributed by atoms with Gasteiger partial charge in [-0.15, -0.1) is 23.1 Å². The van der Waals surface area contributed by atoms with Gasteiger partial charge in [-0.25, -0.2) is 0 Å². The van der Waals surface area contributed by atoms with Gasteiger partial charge in [0.1, 0.15) is 0 Å². The number of aryl methyl sites for hydroxylation is 1. The molecule has 114 valence electrons. The van der Waals surface area contributed by atoms with Gasteiger partial charge in [-0.2, -0.15) is 0 Å². The summed E-state index contributed by atoms with van der Waals surface area (Å²) in [4.78, 5) is 13.9. The van der Waals surface area contributed by atoms with E-state index in [0.717, 1.165) is 23.3 Å². The lowest BCUT2D eigenvalue weighted by Crippen LogP contribution is -2.06. The largest absolute Gasteiger partial charge is 0.288 e. The van der Waals surface area contributed by atoms with E-state index in [0.29, 0.717) is 0 Å². The number of ketones is 1. The number of hydrogen-bond donors (Lipinski definition) is 0. The van der Waals surface area contributed by atoms with Crippen LogP contribution in [0.4, 0.5) is 0 Å². The monoisotopic (exact) mass is 336 g/mol. The third-order valence-corrected chi connectivity index (χ3v) is 6.72. The van der Waals surface area contributed by atoms with Crippen LogP contribution in [0.5, 0.6) is 0 Å². The molecule has 0 saturated heterocycles. The molecule has 1 aromatic heterocycles. The first kappa shape index (κ1) is 14.7. The van der Waals surface area contributed by atoms with Crippen LogP contribution >= 0.6 is 23.1 Å². The van der Waals surface area contributed by atoms with Crippen LogP contribution < -0.4 is 0 Å². The molecule has 0 amide bonds. The summed E-state index contributed by atoms with van der Waals surface area (Å²) in [6.45, 7) is 0. The van der Waals surface area contributed by atoms with Gasteiger partial charge in [0.05, 0.1) is 9.09 Å². The van der Waals surface area contributed by atoms with Crippen molar-refractivity contribution in [2.24, 2.45) is 0 Å². The number of carbonyl (C=O) groups excluding carboxylic acids is 1. The zero-order valence-corrected chi connectivity index (χ0v) is 14.5. The molecule has 3 aromatic rings. The van der Waals surface area contributed by atoms with Gasteiger partial charge in [0.25, 0.3) is 0 Å². The second-order valence-electron chi connectivity index (χ2n) is 5.63. The van der Waals surface area contributed by atoms with E-state index in [2.05, 4.69) is 30.5 Å². The van der Waals surface area contributed by atoms with Crippen LogP contribution in [-0.4, -0.2) is 12.0 Å². The first-order valence-electron chi connectivity index (χ1n) is 7.67. The first-order valence-corrected chi connectivity index (χ1v) is 9.71. The highest BCUT2D eigenvalue weighted by atomic mass is 32.2. The second kappa shape index (κ2) is 5.99. The minimum absolute atomic E-state index is 0.142. The molecule has 1 nitrogen and oxygen atoms in total. The molecular weight excluding hydrogens is 320 g/mol. The number of fused-ring (bicyclic) bond motifs is 3. The van der Waals surface area contributed by atoms with Crippen LogP contribution in [0.15, 0.2) is 58.8 Å². The molecule has 1 heterocycles. The van der Waals surface area contributed by atoms with Crippen LogP contribution in [0.2, 0.25) is 0 Å². The van der Waals surface area contributed by atoms with Gasteiger partial charge in [0.2, 0.25) is 5.78 Å². The minimum atomic E-state index is 0.142. The van der Waals surface area contributed by atoms with Crippen molar-refractivity contribution >= 4 is 28.9 Å². The highest BCUT2D eigenvalue weighted by Gasteiger charge is 2.28. The Bertz CT molecular complexity index is 878. The Morgan fingerprint density at radius 2 is 1.74 bits per heavy atom. The molecule has 2 aromatic carbocycles. The maximum atomic E-state index is 13.1. The molecular formula is C20H16OS2. The molecule has 0 bridgehead atoms. The third-order valence-electron chi connectivity index (χ3n) is 4.33. The van der Waals surface area contributed by atoms with Crippen LogP contribution in [-0.2, 0) is 12.8 Å². The van der Waals surface area contributed by atoms with E-state index < -0.39 is 0 Å². The van der Waals surface area contributed by atoms with Crippen molar-refractivity contribution in [2.75, 3.05) is 6.26 Å². The number of rotatable bonds is 3. The third kappa shape index (κ3) is 2.44. The van der Waals surface area contributed by atoms with E-state index in [1.54, 1.807) is 23.1 Å². The van der Waals surface area contributed by atoms with Crippen molar-refractivity contribution in [2.45, 2.75) is 17.1 Å². The molecule has 0 saturated carbocycles. The van der Waals surface area contributed by atoms with Gasteiger partial charge in [-0.1, -0.05) is 54.6 Å². The summed E-state index contributed by atoms with van der Waals surface area (Å²) in [5.74, 6) is 0.142. The number of carbonyl (C=O) groups is 1. The summed E-state index contributed by atoms with van der Waals surface area (Å²) in [6, 6.07) is 18.1. The lowest BCUT2D eigenvalue weighted by molar-refractivity contribution is 0.104. The van der Waals surface area contributed by atoms with E-state index in [9.17, 15) is 4.79 Å². The number of benzene rings is 2. The molecule has 1 aliphatic carbocycles. The second-order valence-corrected chi connectivity index (χ2v) is 7.72. The van der Waals surface area contributed by atoms with Crippen molar-refractivity contribution < 1.29 is 4.79 Å². The Labute approximate surface area is 144 Å². The Morgan fingerprint density at radius 3 is 2.52 bits per heavy atom. The SMILES string of the molecule is CSc1sc(C(=O)c2ccccc2)c2c1CCc1ccccc1-2. The molecule has 1 aliphatic rings. The quantitative estimate of drug-likeness (QED) is 0.466. The van der Waals surface area contributed by atoms with E-state index in [1.165, 1.54) is 26.5 Å². The fourth-order valence-corrected chi connectivity index (χ4v) is 5.34. The van der Waals surface area contributed by atoms with E-state index in [-0.39, 0.29) is 5.78 Å². The van der Waals surface area contributed by atoms with Gasteiger partial charge in [-0.05, 0) is 35.8 Å². The first-order chi connectivity index (χ1) is 11.3. The molecule has 0 fully saturated rings. The molecule has 0 radical (unpaired) electrons. The van der Waals surface area contributed by atoms with Gasteiger partial charge in [0, 0.05) is 11.1 Å². The maximum Gasteiger partial charge on any atom is 0.203 e. The highest BCUT2D eigenvalue weighted by Crippen LogP contribution is 2.46. The normalized spacial score (nSPS) is 12.6. The zero-order valence-electron chi connectivity index (χ0n) is 12.8. The van der Waals surface area contributed by atoms with Crippen molar-refractivity contribution in [1.29, 1.82) is 0 Å². The Morgan fingerprint density at radius 1 is 1.00 bits per heavy atom. The minimum Gasteiger partial charge on any atom is -0.288 e. The van der Waals surface area contributed by atoms with Crippen molar-refractivity contribution in [1.82, 2.24) is 0 Å². The molecule has 0 atom stereocenters. The molecule has 23 heavy (non-hydrogen) atoms. The maximum absolute atomic E-state index is 13.1. The molecule has 3 heteroatoms. The highest BCUT2D eigenvalue weighted by molar-refractivity contribution is 8.00. The molecule has 0 N–H and O–H groups in total. The molecule has 0 spiro atoms. The molecule has 0 aliphatic heterocycles. The van der Waals surface area contributed by atoms with Gasteiger partial charge in [-0.3, -0.25) is 4.79 Å². The van der Waals surface area contributed by atoms with Crippen LogP contribution in [0.1, 0.15) is 26.4 Å². The van der Waals surface area contributed by atoms with E-state index in [4.69, 9.17) is 0 Å². The number of hydrogen-bond acceptors (Lipinski definition) is 3. The Hall–Kier alpha value is -1.84. The molecule has 4 rings (SSSR count). The van der Waals surface area contributed by atoms with Gasteiger partial charge >= 0.3 is 0 Å². The summed E-state index contributed by atoms with van der Waals surface area (Å²) in [6.07, 6.45) is 4.19. The van der Waals surface area contributed by atoms with Crippen molar-refractivity contribution in [3.05, 3.63) is 76.2 Å². The van der Waals surface area contributed by atoms with Crippen molar-refractivity contribution in [3.8, 4) is 11.1 Å². The van der Waals surface area contributed by atoms with Gasteiger partial charge < -0.3 is 0 Å². The topological polar surface area (TPSA) is 17.1 Å². The van der Waals surface area contributed by atoms with Crippen LogP contribution in [0.25, 0.3) is 11.1 Å². The van der Waals surface area contributed by atoms with Crippen LogP contribution in [0, 0.1) is 0 Å². The number of thioether (sulfide) groups is 1. The van der Waals surface area contributed by atoms with E-state index >= 15 is 0 Å². The average Bonchev–Trinajstić information content (AvgIpc) is 3.01. The summed E-state index contributed by atoms with van der Waals surface area (Å²) in [5, 5.41) is 0. The lowest BCUT2D eigenvalue weighted by Gasteiger charge is -2.18. The summed E-state index contributed by atoms with van der Waals surface area (Å²) in [5.41, 5.74) is 5.90. The van der Waals surface area contributed by atoms with Crippen molar-refractivity contribution in [3.63, 3.8) is 0 Å². The van der Waals surface area contributed by atoms with Crippen LogP contribution in [0.3, 0.4) is 0 Å². The average molecular weight is 336 g/mol. The zero-order chi connectivity index (χ0) is 15.8. The molecule has 0 unspecified atom stereocenters. The predicted molar refractivity (Wildman–Crippen MR) is 98.8 cm³/mol. The fourth-order valence-electron chi connectivity index (χ4n) is 3.24. The summed E-state index contributed by atoms with van der Waals surface area (Å²) in [7, 11) is 0. The summed E-state index contributed by atoms with van der Waals surface area (Å²) >= 11 is 3.41. The number of thiophene rings is 1.